The first-order valence-electron chi connectivity index (χ1n) is 9.60. The molecule has 0 radical (unpaired) electrons. The summed E-state index contributed by atoms with van der Waals surface area (Å²) in [5.74, 6) is 2.38. The number of non-ortho nitro benzene ring substituents is 1. The molecule has 0 N–H and O–H groups in total. The second-order valence-corrected chi connectivity index (χ2v) is 6.70. The van der Waals surface area contributed by atoms with Crippen molar-refractivity contribution in [1.82, 2.24) is 10.1 Å². The maximum atomic E-state index is 10.8. The van der Waals surface area contributed by atoms with E-state index in [0.29, 0.717) is 40.1 Å². The molecule has 0 atom stereocenters. The average molecular weight is 433 g/mol. The largest absolute Gasteiger partial charge is 0.496 e. The first kappa shape index (κ1) is 20.9. The number of methoxy groups -OCH3 is 2. The van der Waals surface area contributed by atoms with Crippen LogP contribution < -0.4 is 14.2 Å². The molecule has 1 aromatic heterocycles. The van der Waals surface area contributed by atoms with Crippen molar-refractivity contribution in [3.8, 4) is 40.1 Å². The number of nitrogens with zero attached hydrogens (tertiary/aromatic N) is 3. The molecule has 0 unspecified atom stereocenters. The molecular formula is C23H19N3O6. The molecule has 32 heavy (non-hydrogen) atoms. The van der Waals surface area contributed by atoms with Crippen molar-refractivity contribution in [2.75, 3.05) is 14.2 Å². The molecule has 0 aliphatic heterocycles. The van der Waals surface area contributed by atoms with E-state index >= 15 is 0 Å². The third-order valence-corrected chi connectivity index (χ3v) is 4.73. The molecule has 0 spiro atoms. The Labute approximate surface area is 183 Å². The van der Waals surface area contributed by atoms with Gasteiger partial charge in [0.25, 0.3) is 11.6 Å². The van der Waals surface area contributed by atoms with Gasteiger partial charge < -0.3 is 18.7 Å². The number of nitro groups is 1. The summed E-state index contributed by atoms with van der Waals surface area (Å²) >= 11 is 0. The smallest absolute Gasteiger partial charge is 0.269 e. The zero-order valence-corrected chi connectivity index (χ0v) is 17.3. The molecule has 9 heteroatoms. The highest BCUT2D eigenvalue weighted by Gasteiger charge is 2.16. The molecule has 1 heterocycles. The van der Waals surface area contributed by atoms with E-state index in [4.69, 9.17) is 18.7 Å². The van der Waals surface area contributed by atoms with Crippen molar-refractivity contribution in [3.05, 3.63) is 82.4 Å². The normalized spacial score (nSPS) is 10.6. The summed E-state index contributed by atoms with van der Waals surface area (Å²) in [6.45, 7) is 0.230. The number of nitro benzene ring substituents is 1. The summed E-state index contributed by atoms with van der Waals surface area (Å²) in [6.07, 6.45) is 0. The zero-order valence-electron chi connectivity index (χ0n) is 17.3. The van der Waals surface area contributed by atoms with Gasteiger partial charge in [0.05, 0.1) is 24.7 Å². The molecule has 4 rings (SSSR count). The molecule has 0 amide bonds. The van der Waals surface area contributed by atoms with Gasteiger partial charge in [-0.1, -0.05) is 17.3 Å². The van der Waals surface area contributed by atoms with Gasteiger partial charge in [-0.05, 0) is 48.0 Å². The molecule has 9 nitrogen and oxygen atoms in total. The van der Waals surface area contributed by atoms with E-state index in [1.807, 2.05) is 24.3 Å². The highest BCUT2D eigenvalue weighted by molar-refractivity contribution is 5.66. The predicted octanol–water partition coefficient (Wildman–Crippen LogP) is 4.91. The molecule has 0 saturated heterocycles. The number of benzene rings is 3. The van der Waals surface area contributed by atoms with Gasteiger partial charge in [-0.15, -0.1) is 0 Å². The van der Waals surface area contributed by atoms with Crippen molar-refractivity contribution >= 4 is 5.69 Å². The van der Waals surface area contributed by atoms with E-state index in [9.17, 15) is 10.1 Å². The topological polar surface area (TPSA) is 110 Å². The Kier molecular flexibility index (Phi) is 5.98. The summed E-state index contributed by atoms with van der Waals surface area (Å²) in [5.41, 5.74) is 2.21. The molecule has 0 fully saturated rings. The van der Waals surface area contributed by atoms with Crippen LogP contribution in [0.25, 0.3) is 22.8 Å². The van der Waals surface area contributed by atoms with Gasteiger partial charge in [-0.3, -0.25) is 10.1 Å². The lowest BCUT2D eigenvalue weighted by atomic mass is 10.1. The zero-order chi connectivity index (χ0) is 22.5. The van der Waals surface area contributed by atoms with Gasteiger partial charge in [0.15, 0.2) is 11.5 Å². The summed E-state index contributed by atoms with van der Waals surface area (Å²) in [7, 11) is 3.12. The van der Waals surface area contributed by atoms with E-state index in [0.717, 1.165) is 5.56 Å². The van der Waals surface area contributed by atoms with Crippen LogP contribution in [-0.2, 0) is 6.61 Å². The molecule has 0 aliphatic rings. The average Bonchev–Trinajstić information content (AvgIpc) is 3.33. The summed E-state index contributed by atoms with van der Waals surface area (Å²) < 4.78 is 22.1. The Hall–Kier alpha value is -4.40. The first-order chi connectivity index (χ1) is 15.6. The van der Waals surface area contributed by atoms with Gasteiger partial charge in [0.1, 0.15) is 12.4 Å². The van der Waals surface area contributed by atoms with Crippen LogP contribution in [0.5, 0.6) is 17.2 Å². The number of hydrogen-bond acceptors (Lipinski definition) is 8. The Morgan fingerprint density at radius 2 is 1.69 bits per heavy atom. The minimum absolute atomic E-state index is 0.0308. The van der Waals surface area contributed by atoms with Crippen LogP contribution in [0.2, 0.25) is 0 Å². The Balaban J connectivity index is 1.52. The van der Waals surface area contributed by atoms with Crippen molar-refractivity contribution in [1.29, 1.82) is 0 Å². The number of aromatic nitrogens is 2. The summed E-state index contributed by atoms with van der Waals surface area (Å²) in [5, 5.41) is 14.8. The third kappa shape index (κ3) is 4.36. The minimum atomic E-state index is -0.441. The third-order valence-electron chi connectivity index (χ3n) is 4.73. The van der Waals surface area contributed by atoms with Crippen LogP contribution in [0, 0.1) is 10.1 Å². The van der Waals surface area contributed by atoms with Crippen LogP contribution in [-0.4, -0.2) is 29.3 Å². The van der Waals surface area contributed by atoms with Gasteiger partial charge in [-0.25, -0.2) is 0 Å². The predicted molar refractivity (Wildman–Crippen MR) is 116 cm³/mol. The molecule has 0 bridgehead atoms. The fourth-order valence-electron chi connectivity index (χ4n) is 3.07. The highest BCUT2D eigenvalue weighted by atomic mass is 16.6. The number of ether oxygens (including phenoxy) is 3. The lowest BCUT2D eigenvalue weighted by molar-refractivity contribution is -0.384. The van der Waals surface area contributed by atoms with Crippen LogP contribution in [0.3, 0.4) is 0 Å². The quantitative estimate of drug-likeness (QED) is 0.285. The van der Waals surface area contributed by atoms with Gasteiger partial charge in [-0.2, -0.15) is 4.98 Å². The Morgan fingerprint density at radius 3 is 2.41 bits per heavy atom. The Bertz CT molecular complexity index is 1240. The number of para-hydroxylation sites is 1. The first-order valence-corrected chi connectivity index (χ1v) is 9.60. The van der Waals surface area contributed by atoms with Crippen LogP contribution >= 0.6 is 0 Å². The molecule has 162 valence electrons. The molecule has 4 aromatic rings. The maximum Gasteiger partial charge on any atom is 0.269 e. The summed E-state index contributed by atoms with van der Waals surface area (Å²) in [6, 6.07) is 18.9. The van der Waals surface area contributed by atoms with E-state index in [1.165, 1.54) is 19.2 Å². The Morgan fingerprint density at radius 1 is 0.938 bits per heavy atom. The lowest BCUT2D eigenvalue weighted by Gasteiger charge is -2.11. The standard InChI is InChI=1S/C23H19N3O6/c1-29-19-6-4-3-5-18(19)23-24-22(25-32-23)16-9-12-20(21(13-16)30-2)31-14-15-7-10-17(11-8-15)26(27)28/h3-13H,14H2,1-2H3. The van der Waals surface area contributed by atoms with E-state index in [2.05, 4.69) is 10.1 Å². The molecule has 3 aromatic carbocycles. The molecular weight excluding hydrogens is 414 g/mol. The van der Waals surface area contributed by atoms with E-state index < -0.39 is 4.92 Å². The maximum absolute atomic E-state index is 10.8. The van der Waals surface area contributed by atoms with Crippen molar-refractivity contribution in [2.45, 2.75) is 6.61 Å². The van der Waals surface area contributed by atoms with Crippen molar-refractivity contribution < 1.29 is 23.7 Å². The number of rotatable bonds is 8. The van der Waals surface area contributed by atoms with E-state index in [-0.39, 0.29) is 12.3 Å². The number of hydrogen-bond donors (Lipinski definition) is 0. The SMILES string of the molecule is COc1cc(-c2noc(-c3ccccc3OC)n2)ccc1OCc1ccc([N+](=O)[O-])cc1. The second-order valence-electron chi connectivity index (χ2n) is 6.70. The monoisotopic (exact) mass is 433 g/mol. The fraction of sp³-hybridized carbons (Fsp3) is 0.130. The van der Waals surface area contributed by atoms with Crippen LogP contribution in [0.4, 0.5) is 5.69 Å². The minimum Gasteiger partial charge on any atom is -0.496 e. The fourth-order valence-corrected chi connectivity index (χ4v) is 3.07. The van der Waals surface area contributed by atoms with Gasteiger partial charge >= 0.3 is 0 Å². The van der Waals surface area contributed by atoms with Crippen LogP contribution in [0.15, 0.2) is 71.3 Å². The van der Waals surface area contributed by atoms with Crippen molar-refractivity contribution in [2.24, 2.45) is 0 Å². The molecule has 0 aliphatic carbocycles. The van der Waals surface area contributed by atoms with Crippen LogP contribution in [0.1, 0.15) is 5.56 Å². The lowest BCUT2D eigenvalue weighted by Crippen LogP contribution is -1.98. The van der Waals surface area contributed by atoms with E-state index in [1.54, 1.807) is 37.4 Å². The van der Waals surface area contributed by atoms with Gasteiger partial charge in [0, 0.05) is 17.7 Å². The second kappa shape index (κ2) is 9.17. The molecule has 0 saturated carbocycles. The highest BCUT2D eigenvalue weighted by Crippen LogP contribution is 2.34. The summed E-state index contributed by atoms with van der Waals surface area (Å²) in [4.78, 5) is 14.8. The van der Waals surface area contributed by atoms with Gasteiger partial charge in [0.2, 0.25) is 5.82 Å². The van der Waals surface area contributed by atoms with Crippen molar-refractivity contribution in [3.63, 3.8) is 0 Å².